The van der Waals surface area contributed by atoms with Crippen LogP contribution in [0.5, 0.6) is 11.5 Å². The van der Waals surface area contributed by atoms with E-state index >= 15 is 0 Å². The van der Waals surface area contributed by atoms with Crippen molar-refractivity contribution in [3.63, 3.8) is 0 Å². The molecule has 1 aromatic heterocycles. The molecule has 2 N–H and O–H groups in total. The molecule has 0 unspecified atom stereocenters. The summed E-state index contributed by atoms with van der Waals surface area (Å²) >= 11 is 0. The minimum atomic E-state index is -0.810. The maximum atomic E-state index is 11.1. The topological polar surface area (TPSA) is 95.5 Å². The number of aromatic nitrogens is 2. The fourth-order valence-electron chi connectivity index (χ4n) is 4.44. The third kappa shape index (κ3) is 6.94. The van der Waals surface area contributed by atoms with Gasteiger partial charge in [-0.15, -0.1) is 0 Å². The van der Waals surface area contributed by atoms with E-state index in [0.717, 1.165) is 68.1 Å². The van der Waals surface area contributed by atoms with E-state index in [2.05, 4.69) is 25.1 Å². The minimum Gasteiger partial charge on any atom is -0.493 e. The number of nitrogens with one attached hydrogen (secondary N) is 1. The van der Waals surface area contributed by atoms with Gasteiger partial charge in [0.25, 0.3) is 0 Å². The first-order chi connectivity index (χ1) is 17.0. The van der Waals surface area contributed by atoms with Gasteiger partial charge in [-0.1, -0.05) is 6.07 Å². The van der Waals surface area contributed by atoms with Crippen molar-refractivity contribution in [1.29, 1.82) is 0 Å². The third-order valence-corrected chi connectivity index (χ3v) is 6.53. The number of aliphatic hydroxyl groups is 1. The normalized spacial score (nSPS) is 20.7. The lowest BCUT2D eigenvalue weighted by Gasteiger charge is -2.26. The van der Waals surface area contributed by atoms with Crippen molar-refractivity contribution in [3.05, 3.63) is 36.2 Å². The third-order valence-electron chi connectivity index (χ3n) is 6.53. The van der Waals surface area contributed by atoms with Gasteiger partial charge in [-0.3, -0.25) is 4.90 Å². The van der Waals surface area contributed by atoms with E-state index < -0.39 is 5.60 Å². The number of anilines is 2. The highest BCUT2D eigenvalue weighted by Crippen LogP contribution is 2.29. The van der Waals surface area contributed by atoms with Gasteiger partial charge in [0.2, 0.25) is 0 Å². The summed E-state index contributed by atoms with van der Waals surface area (Å²) in [6, 6.07) is 7.94. The smallest absolute Gasteiger partial charge is 0.161 e. The number of nitrogens with zero attached hydrogens (tertiary/aromatic N) is 5. The van der Waals surface area contributed by atoms with Crippen molar-refractivity contribution < 1.29 is 19.3 Å². The number of hydrogen-bond acceptors (Lipinski definition) is 10. The van der Waals surface area contributed by atoms with Crippen molar-refractivity contribution in [1.82, 2.24) is 20.2 Å². The predicted molar refractivity (Wildman–Crippen MR) is 136 cm³/mol. The van der Waals surface area contributed by atoms with Crippen molar-refractivity contribution >= 4 is 11.6 Å². The highest BCUT2D eigenvalue weighted by molar-refractivity contribution is 5.50. The molecule has 0 saturated carbocycles. The number of β-amino-alcohol motifs (C(OH)–C–C–N with tert-alkyl or cyclic N) is 1. The van der Waals surface area contributed by atoms with Crippen LogP contribution in [0.3, 0.4) is 0 Å². The second-order valence-corrected chi connectivity index (χ2v) is 9.42. The van der Waals surface area contributed by atoms with Crippen LogP contribution >= 0.6 is 0 Å². The van der Waals surface area contributed by atoms with Crippen molar-refractivity contribution in [2.75, 3.05) is 90.1 Å². The molecule has 2 aromatic rings. The van der Waals surface area contributed by atoms with E-state index in [1.807, 2.05) is 43.3 Å². The van der Waals surface area contributed by atoms with Gasteiger partial charge in [0.15, 0.2) is 11.5 Å². The lowest BCUT2D eigenvalue weighted by molar-refractivity contribution is 0.0321. The van der Waals surface area contributed by atoms with Crippen molar-refractivity contribution in [3.8, 4) is 11.5 Å². The highest BCUT2D eigenvalue weighted by atomic mass is 16.5. The van der Waals surface area contributed by atoms with Gasteiger partial charge in [0, 0.05) is 66.0 Å². The van der Waals surface area contributed by atoms with Crippen LogP contribution in [0.2, 0.25) is 0 Å². The molecule has 2 aliphatic heterocycles. The number of ether oxygens (including phenoxy) is 3. The Labute approximate surface area is 207 Å². The lowest BCUT2D eigenvalue weighted by atomic mass is 10.0. The number of hydrogen-bond donors (Lipinski definition) is 2. The van der Waals surface area contributed by atoms with E-state index in [1.165, 1.54) is 0 Å². The van der Waals surface area contributed by atoms with Crippen LogP contribution in [0.25, 0.3) is 0 Å². The molecule has 4 rings (SSSR count). The summed E-state index contributed by atoms with van der Waals surface area (Å²) in [5.41, 5.74) is 0.267. The molecule has 1 atom stereocenters. The molecule has 10 heteroatoms. The van der Waals surface area contributed by atoms with Gasteiger partial charge in [-0.2, -0.15) is 0 Å². The Morgan fingerprint density at radius 1 is 1.14 bits per heavy atom. The van der Waals surface area contributed by atoms with Crippen molar-refractivity contribution in [2.45, 2.75) is 18.6 Å². The Kier molecular flexibility index (Phi) is 8.61. The van der Waals surface area contributed by atoms with Gasteiger partial charge in [-0.25, -0.2) is 9.97 Å². The van der Waals surface area contributed by atoms with Crippen LogP contribution in [-0.2, 0) is 11.3 Å². The number of methoxy groups -OCH3 is 1. The first kappa shape index (κ1) is 25.4. The molecular formula is C25H38N6O4. The Bertz CT molecular complexity index is 955. The number of morpholine rings is 1. The van der Waals surface area contributed by atoms with Gasteiger partial charge in [0.05, 0.1) is 25.9 Å². The summed E-state index contributed by atoms with van der Waals surface area (Å²) in [5, 5.41) is 14.5. The van der Waals surface area contributed by atoms with E-state index in [4.69, 9.17) is 14.2 Å². The van der Waals surface area contributed by atoms with Crippen LogP contribution in [0.1, 0.15) is 12.0 Å². The molecule has 2 fully saturated rings. The highest BCUT2D eigenvalue weighted by Gasteiger charge is 2.36. The average molecular weight is 487 g/mol. The molecule has 192 valence electrons. The van der Waals surface area contributed by atoms with Gasteiger partial charge in [-0.05, 0) is 24.1 Å². The van der Waals surface area contributed by atoms with Gasteiger partial charge >= 0.3 is 0 Å². The first-order valence-electron chi connectivity index (χ1n) is 12.2. The molecular weight excluding hydrogens is 448 g/mol. The molecule has 0 bridgehead atoms. The van der Waals surface area contributed by atoms with E-state index in [1.54, 1.807) is 13.4 Å². The Hall–Kier alpha value is -2.66. The summed E-state index contributed by atoms with van der Waals surface area (Å²) in [6.07, 6.45) is 2.25. The SMILES string of the molecule is COc1cc(CNC[C@@]2(O)CCN(c3cc(N(C)C)ncn3)C2)ccc1OCCN1CCOCC1. The fraction of sp³-hybridized carbons (Fsp3) is 0.600. The largest absolute Gasteiger partial charge is 0.493 e. The fourth-order valence-corrected chi connectivity index (χ4v) is 4.44. The Morgan fingerprint density at radius 3 is 2.74 bits per heavy atom. The van der Waals surface area contributed by atoms with Gasteiger partial charge in [0.1, 0.15) is 24.6 Å². The summed E-state index contributed by atoms with van der Waals surface area (Å²) in [4.78, 5) is 15.1. The lowest BCUT2D eigenvalue weighted by Crippen LogP contribution is -2.43. The minimum absolute atomic E-state index is 0.495. The molecule has 0 spiro atoms. The van der Waals surface area contributed by atoms with E-state index in [9.17, 15) is 5.11 Å². The molecule has 0 radical (unpaired) electrons. The standard InChI is InChI=1S/C25H38N6O4/c1-29(2)23-15-24(28-19-27-23)31-7-6-25(32,18-31)17-26-16-20-4-5-21(22(14-20)33-3)35-13-10-30-8-11-34-12-9-30/h4-5,14-15,19,26,32H,6-13,16-18H2,1-3H3/t25-/m0/s1. The number of benzene rings is 1. The second-order valence-electron chi connectivity index (χ2n) is 9.42. The van der Waals surface area contributed by atoms with Crippen LogP contribution < -0.4 is 24.6 Å². The predicted octanol–water partition coefficient (Wildman–Crippen LogP) is 0.993. The molecule has 35 heavy (non-hydrogen) atoms. The van der Waals surface area contributed by atoms with Crippen LogP contribution in [0.15, 0.2) is 30.6 Å². The molecule has 2 aliphatic rings. The zero-order valence-electron chi connectivity index (χ0n) is 21.1. The van der Waals surface area contributed by atoms with E-state index in [0.29, 0.717) is 32.7 Å². The summed E-state index contributed by atoms with van der Waals surface area (Å²) in [5.74, 6) is 3.16. The Morgan fingerprint density at radius 2 is 1.97 bits per heavy atom. The summed E-state index contributed by atoms with van der Waals surface area (Å²) < 4.78 is 16.9. The first-order valence-corrected chi connectivity index (χ1v) is 12.2. The second kappa shape index (κ2) is 11.9. The van der Waals surface area contributed by atoms with E-state index in [-0.39, 0.29) is 0 Å². The molecule has 3 heterocycles. The quantitative estimate of drug-likeness (QED) is 0.479. The summed E-state index contributed by atoms with van der Waals surface area (Å²) in [6.45, 7) is 7.37. The zero-order valence-corrected chi connectivity index (χ0v) is 21.1. The van der Waals surface area contributed by atoms with Crippen LogP contribution in [-0.4, -0.2) is 106 Å². The average Bonchev–Trinajstić information content (AvgIpc) is 3.27. The monoisotopic (exact) mass is 486 g/mol. The molecule has 2 saturated heterocycles. The molecule has 0 aliphatic carbocycles. The number of rotatable bonds is 11. The van der Waals surface area contributed by atoms with Crippen molar-refractivity contribution in [2.24, 2.45) is 0 Å². The molecule has 10 nitrogen and oxygen atoms in total. The maximum Gasteiger partial charge on any atom is 0.161 e. The summed E-state index contributed by atoms with van der Waals surface area (Å²) in [7, 11) is 5.57. The zero-order chi connectivity index (χ0) is 24.7. The van der Waals surface area contributed by atoms with Gasteiger partial charge < -0.3 is 34.4 Å². The van der Waals surface area contributed by atoms with Crippen LogP contribution in [0.4, 0.5) is 11.6 Å². The van der Waals surface area contributed by atoms with Crippen LogP contribution in [0, 0.1) is 0 Å². The Balaban J connectivity index is 1.25. The molecule has 0 amide bonds. The maximum absolute atomic E-state index is 11.1. The molecule has 1 aromatic carbocycles.